The molecule has 2 heterocycles. The maximum absolute atomic E-state index is 4.58. The molecular formula is C13H22N4. The largest absolute Gasteiger partial charge is 0.356 e. The van der Waals surface area contributed by atoms with Crippen molar-refractivity contribution in [2.45, 2.75) is 33.6 Å². The van der Waals surface area contributed by atoms with Crippen LogP contribution in [0.2, 0.25) is 0 Å². The van der Waals surface area contributed by atoms with E-state index in [9.17, 15) is 0 Å². The molecule has 0 saturated carbocycles. The van der Waals surface area contributed by atoms with E-state index in [4.69, 9.17) is 0 Å². The fourth-order valence-electron chi connectivity index (χ4n) is 2.19. The summed E-state index contributed by atoms with van der Waals surface area (Å²) in [5.41, 5.74) is 1.03. The molecule has 0 radical (unpaired) electrons. The van der Waals surface area contributed by atoms with E-state index in [-0.39, 0.29) is 0 Å². The Morgan fingerprint density at radius 3 is 2.71 bits per heavy atom. The minimum absolute atomic E-state index is 0.751. The van der Waals surface area contributed by atoms with E-state index in [0.29, 0.717) is 0 Å². The van der Waals surface area contributed by atoms with Gasteiger partial charge in [-0.1, -0.05) is 6.92 Å². The first kappa shape index (κ1) is 12.1. The lowest BCUT2D eigenvalue weighted by molar-refractivity contribution is 0.436. The average Bonchev–Trinajstić information content (AvgIpc) is 2.29. The molecule has 1 aliphatic heterocycles. The van der Waals surface area contributed by atoms with Crippen molar-refractivity contribution in [1.29, 1.82) is 0 Å². The summed E-state index contributed by atoms with van der Waals surface area (Å²) in [6, 6.07) is 2.08. The first-order valence-electron chi connectivity index (χ1n) is 6.53. The van der Waals surface area contributed by atoms with Crippen molar-refractivity contribution in [2.24, 2.45) is 5.92 Å². The zero-order chi connectivity index (χ0) is 12.3. The van der Waals surface area contributed by atoms with Gasteiger partial charge < -0.3 is 10.2 Å². The highest BCUT2D eigenvalue weighted by molar-refractivity contribution is 5.45. The number of nitrogens with zero attached hydrogens (tertiary/aromatic N) is 3. The van der Waals surface area contributed by atoms with Gasteiger partial charge in [0.2, 0.25) is 5.95 Å². The molecule has 1 N–H and O–H groups in total. The highest BCUT2D eigenvalue weighted by Gasteiger charge is 2.17. The van der Waals surface area contributed by atoms with Crippen molar-refractivity contribution in [3.8, 4) is 0 Å². The molecule has 4 heteroatoms. The van der Waals surface area contributed by atoms with Gasteiger partial charge in [0.1, 0.15) is 5.82 Å². The number of aryl methyl sites for hydroxylation is 1. The third-order valence-corrected chi connectivity index (χ3v) is 3.28. The summed E-state index contributed by atoms with van der Waals surface area (Å²) in [6.45, 7) is 9.51. The third-order valence-electron chi connectivity index (χ3n) is 3.28. The van der Waals surface area contributed by atoms with Gasteiger partial charge in [-0.25, -0.2) is 4.98 Å². The molecule has 2 rings (SSSR count). The van der Waals surface area contributed by atoms with Crippen LogP contribution >= 0.6 is 0 Å². The second kappa shape index (κ2) is 5.34. The van der Waals surface area contributed by atoms with Crippen LogP contribution in [-0.2, 0) is 0 Å². The predicted octanol–water partition coefficient (Wildman–Crippen LogP) is 2.45. The molecule has 4 nitrogen and oxygen atoms in total. The average molecular weight is 234 g/mol. The van der Waals surface area contributed by atoms with E-state index in [0.717, 1.165) is 43.0 Å². The number of aromatic nitrogens is 2. The van der Waals surface area contributed by atoms with Gasteiger partial charge >= 0.3 is 0 Å². The van der Waals surface area contributed by atoms with Crippen LogP contribution in [0.5, 0.6) is 0 Å². The van der Waals surface area contributed by atoms with Gasteiger partial charge in [0, 0.05) is 31.4 Å². The lowest BCUT2D eigenvalue weighted by atomic mass is 9.99. The smallest absolute Gasteiger partial charge is 0.224 e. The van der Waals surface area contributed by atoms with Gasteiger partial charge in [0.05, 0.1) is 0 Å². The van der Waals surface area contributed by atoms with Crippen molar-refractivity contribution in [2.75, 3.05) is 29.9 Å². The number of anilines is 2. The minimum atomic E-state index is 0.751. The molecular weight excluding hydrogens is 212 g/mol. The molecule has 1 aliphatic rings. The number of piperidine rings is 1. The van der Waals surface area contributed by atoms with Crippen LogP contribution < -0.4 is 10.2 Å². The van der Waals surface area contributed by atoms with E-state index in [2.05, 4.69) is 40.1 Å². The second-order valence-corrected chi connectivity index (χ2v) is 4.89. The highest BCUT2D eigenvalue weighted by atomic mass is 15.2. The van der Waals surface area contributed by atoms with E-state index in [1.165, 1.54) is 12.8 Å². The molecule has 0 spiro atoms. The molecule has 0 unspecified atom stereocenters. The first-order valence-corrected chi connectivity index (χ1v) is 6.53. The summed E-state index contributed by atoms with van der Waals surface area (Å²) < 4.78 is 0. The molecule has 1 saturated heterocycles. The Bertz CT molecular complexity index is 370. The summed E-state index contributed by atoms with van der Waals surface area (Å²) in [6.07, 6.45) is 2.53. The van der Waals surface area contributed by atoms with Crippen LogP contribution in [0.15, 0.2) is 6.07 Å². The summed E-state index contributed by atoms with van der Waals surface area (Å²) in [5.74, 6) is 2.67. The molecule has 1 aromatic heterocycles. The van der Waals surface area contributed by atoms with E-state index in [1.807, 2.05) is 6.92 Å². The second-order valence-electron chi connectivity index (χ2n) is 4.89. The maximum atomic E-state index is 4.58. The van der Waals surface area contributed by atoms with Crippen molar-refractivity contribution in [3.63, 3.8) is 0 Å². The van der Waals surface area contributed by atoms with E-state index in [1.54, 1.807) is 0 Å². The van der Waals surface area contributed by atoms with Gasteiger partial charge in [-0.15, -0.1) is 0 Å². The number of hydrogen-bond acceptors (Lipinski definition) is 4. The molecule has 0 amide bonds. The molecule has 1 fully saturated rings. The van der Waals surface area contributed by atoms with Crippen LogP contribution in [-0.4, -0.2) is 29.6 Å². The molecule has 0 bridgehead atoms. The lowest BCUT2D eigenvalue weighted by Crippen LogP contribution is -2.33. The summed E-state index contributed by atoms with van der Waals surface area (Å²) in [4.78, 5) is 11.3. The monoisotopic (exact) mass is 234 g/mol. The maximum Gasteiger partial charge on any atom is 0.224 e. The summed E-state index contributed by atoms with van der Waals surface area (Å²) >= 11 is 0. The van der Waals surface area contributed by atoms with Crippen LogP contribution in [0.3, 0.4) is 0 Å². The van der Waals surface area contributed by atoms with Crippen LogP contribution in [0.25, 0.3) is 0 Å². The molecule has 0 aliphatic carbocycles. The van der Waals surface area contributed by atoms with Crippen molar-refractivity contribution >= 4 is 11.8 Å². The van der Waals surface area contributed by atoms with E-state index >= 15 is 0 Å². The van der Waals surface area contributed by atoms with Crippen LogP contribution in [0.4, 0.5) is 11.8 Å². The Kier molecular flexibility index (Phi) is 3.82. The highest BCUT2D eigenvalue weighted by Crippen LogP contribution is 2.22. The van der Waals surface area contributed by atoms with Gasteiger partial charge in [-0.2, -0.15) is 4.98 Å². The third kappa shape index (κ3) is 3.08. The number of hydrogen-bond donors (Lipinski definition) is 1. The lowest BCUT2D eigenvalue weighted by Gasteiger charge is -2.31. The first-order chi connectivity index (χ1) is 8.19. The topological polar surface area (TPSA) is 41.1 Å². The Hall–Kier alpha value is -1.32. The predicted molar refractivity (Wildman–Crippen MR) is 71.5 cm³/mol. The van der Waals surface area contributed by atoms with Gasteiger partial charge in [-0.05, 0) is 32.6 Å². The van der Waals surface area contributed by atoms with Crippen molar-refractivity contribution < 1.29 is 0 Å². The van der Waals surface area contributed by atoms with Crippen LogP contribution in [0.1, 0.15) is 32.4 Å². The minimum Gasteiger partial charge on any atom is -0.356 e. The molecule has 1 aromatic rings. The summed E-state index contributed by atoms with van der Waals surface area (Å²) in [5, 5.41) is 3.19. The molecule has 94 valence electrons. The summed E-state index contributed by atoms with van der Waals surface area (Å²) in [7, 11) is 0. The number of nitrogens with one attached hydrogen (secondary N) is 1. The Morgan fingerprint density at radius 1 is 1.35 bits per heavy atom. The van der Waals surface area contributed by atoms with Crippen molar-refractivity contribution in [1.82, 2.24) is 9.97 Å². The van der Waals surface area contributed by atoms with E-state index < -0.39 is 0 Å². The number of rotatable bonds is 3. The standard InChI is InChI=1S/C13H22N4/c1-4-14-13-15-11(3)9-12(16-13)17-7-5-10(2)6-8-17/h9-10H,4-8H2,1-3H3,(H,14,15,16). The quantitative estimate of drug-likeness (QED) is 0.872. The normalized spacial score (nSPS) is 17.2. The van der Waals surface area contributed by atoms with Gasteiger partial charge in [0.25, 0.3) is 0 Å². The zero-order valence-corrected chi connectivity index (χ0v) is 11.0. The Morgan fingerprint density at radius 2 is 2.06 bits per heavy atom. The van der Waals surface area contributed by atoms with Gasteiger partial charge in [-0.3, -0.25) is 0 Å². The fourth-order valence-corrected chi connectivity index (χ4v) is 2.19. The Labute approximate surface area is 103 Å². The molecule has 17 heavy (non-hydrogen) atoms. The van der Waals surface area contributed by atoms with Crippen LogP contribution in [0, 0.1) is 12.8 Å². The molecule has 0 aromatic carbocycles. The Balaban J connectivity index is 2.14. The zero-order valence-electron chi connectivity index (χ0n) is 11.0. The SMILES string of the molecule is CCNc1nc(C)cc(N2CCC(C)CC2)n1. The van der Waals surface area contributed by atoms with Crippen molar-refractivity contribution in [3.05, 3.63) is 11.8 Å². The fraction of sp³-hybridized carbons (Fsp3) is 0.692. The van der Waals surface area contributed by atoms with Gasteiger partial charge in [0.15, 0.2) is 0 Å². The molecule has 0 atom stereocenters.